The minimum Gasteiger partial charge on any atom is -0.396 e. The molecule has 0 spiro atoms. The van der Waals surface area contributed by atoms with Crippen LogP contribution in [0.1, 0.15) is 17.7 Å². The van der Waals surface area contributed by atoms with Crippen LogP contribution in [0.3, 0.4) is 0 Å². The molecule has 0 amide bonds. The third-order valence-corrected chi connectivity index (χ3v) is 6.96. The van der Waals surface area contributed by atoms with E-state index >= 15 is 0 Å². The largest absolute Gasteiger partial charge is 0.396 e. The second-order valence-electron chi connectivity index (χ2n) is 6.82. The molecule has 30 heavy (non-hydrogen) atoms. The fourth-order valence-corrected chi connectivity index (χ4v) is 4.79. The molecule has 3 rings (SSSR count). The summed E-state index contributed by atoms with van der Waals surface area (Å²) in [6.45, 7) is 0.300. The zero-order valence-corrected chi connectivity index (χ0v) is 17.6. The third-order valence-electron chi connectivity index (χ3n) is 4.55. The number of aromatic nitrogens is 2. The Morgan fingerprint density at radius 2 is 1.93 bits per heavy atom. The summed E-state index contributed by atoms with van der Waals surface area (Å²) in [6.07, 6.45) is 0.973. The van der Waals surface area contributed by atoms with Crippen molar-refractivity contribution in [3.8, 4) is 0 Å². The Hall–Kier alpha value is -1.86. The highest BCUT2D eigenvalue weighted by Crippen LogP contribution is 2.25. The zero-order chi connectivity index (χ0) is 21.7. The Labute approximate surface area is 177 Å². The summed E-state index contributed by atoms with van der Waals surface area (Å²) in [5.41, 5.74) is 0.530. The van der Waals surface area contributed by atoms with Gasteiger partial charge in [0.1, 0.15) is 5.82 Å². The van der Waals surface area contributed by atoms with E-state index in [4.69, 9.17) is 0 Å². The minimum absolute atomic E-state index is 0.0312. The van der Waals surface area contributed by atoms with Crippen LogP contribution in [0.5, 0.6) is 0 Å². The smallest absolute Gasteiger partial charge is 0.302 e. The Morgan fingerprint density at radius 3 is 2.57 bits per heavy atom. The maximum atomic E-state index is 13.9. The number of aliphatic hydroxyl groups is 2. The highest BCUT2D eigenvalue weighted by atomic mass is 32.2. The predicted octanol–water partition coefficient (Wildman–Crippen LogP) is 1.55. The molecule has 3 N–H and O–H groups in total. The molecule has 2 heterocycles. The Kier molecular flexibility index (Phi) is 7.58. The van der Waals surface area contributed by atoms with E-state index < -0.39 is 27.8 Å². The van der Waals surface area contributed by atoms with Crippen LogP contribution in [0.25, 0.3) is 0 Å². The van der Waals surface area contributed by atoms with Crippen molar-refractivity contribution < 1.29 is 27.4 Å². The van der Waals surface area contributed by atoms with Gasteiger partial charge in [-0.05, 0) is 18.9 Å². The van der Waals surface area contributed by atoms with Crippen molar-refractivity contribution in [2.45, 2.75) is 23.8 Å². The number of nitrogens with one attached hydrogen (secondary N) is 1. The van der Waals surface area contributed by atoms with Gasteiger partial charge in [-0.15, -0.1) is 0 Å². The number of hydrogen-bond donors (Lipinski definition) is 3. The molecular formula is C18H22F2N4O4S2. The topological polar surface area (TPSA) is 116 Å². The fraction of sp³-hybridized carbons (Fsp3) is 0.444. The number of anilines is 1. The normalized spacial score (nSPS) is 14.7. The van der Waals surface area contributed by atoms with Gasteiger partial charge in [0.15, 0.2) is 16.8 Å². The van der Waals surface area contributed by atoms with Crippen molar-refractivity contribution in [3.05, 3.63) is 47.2 Å². The highest BCUT2D eigenvalue weighted by Gasteiger charge is 2.28. The molecule has 1 fully saturated rings. The number of thioether (sulfide) groups is 1. The van der Waals surface area contributed by atoms with E-state index in [1.165, 1.54) is 22.5 Å². The lowest BCUT2D eigenvalue weighted by Crippen LogP contribution is -2.45. The average Bonchev–Trinajstić information content (AvgIpc) is 2.65. The van der Waals surface area contributed by atoms with Gasteiger partial charge in [0.25, 0.3) is 0 Å². The molecule has 0 saturated carbocycles. The van der Waals surface area contributed by atoms with Crippen molar-refractivity contribution in [3.63, 3.8) is 0 Å². The molecule has 1 aromatic carbocycles. The van der Waals surface area contributed by atoms with E-state index in [1.54, 1.807) is 0 Å². The molecule has 0 unspecified atom stereocenters. The summed E-state index contributed by atoms with van der Waals surface area (Å²) in [4.78, 5) is 8.49. The maximum Gasteiger partial charge on any atom is 0.302 e. The van der Waals surface area contributed by atoms with E-state index in [1.807, 2.05) is 0 Å². The van der Waals surface area contributed by atoms with Crippen LogP contribution in [0.4, 0.5) is 14.6 Å². The monoisotopic (exact) mass is 460 g/mol. The molecular weight excluding hydrogens is 438 g/mol. The van der Waals surface area contributed by atoms with Gasteiger partial charge in [-0.2, -0.15) is 12.7 Å². The first kappa shape index (κ1) is 22.8. The molecule has 0 radical (unpaired) electrons. The number of benzene rings is 1. The van der Waals surface area contributed by atoms with E-state index in [0.29, 0.717) is 18.8 Å². The van der Waals surface area contributed by atoms with E-state index in [0.717, 1.165) is 24.2 Å². The molecule has 1 aliphatic heterocycles. The first-order chi connectivity index (χ1) is 14.3. The number of rotatable bonds is 10. The lowest BCUT2D eigenvalue weighted by Gasteiger charge is -2.29. The average molecular weight is 461 g/mol. The van der Waals surface area contributed by atoms with Gasteiger partial charge < -0.3 is 10.2 Å². The Bertz CT molecular complexity index is 986. The summed E-state index contributed by atoms with van der Waals surface area (Å²) in [5.74, 6) is -2.32. The predicted molar refractivity (Wildman–Crippen MR) is 108 cm³/mol. The molecule has 0 bridgehead atoms. The highest BCUT2D eigenvalue weighted by molar-refractivity contribution is 7.98. The van der Waals surface area contributed by atoms with Gasteiger partial charge in [-0.1, -0.05) is 23.9 Å². The molecule has 8 nitrogen and oxygen atoms in total. The minimum atomic E-state index is -3.75. The van der Waals surface area contributed by atoms with Crippen molar-refractivity contribution in [2.24, 2.45) is 5.92 Å². The lowest BCUT2D eigenvalue weighted by molar-refractivity contribution is 0.149. The van der Waals surface area contributed by atoms with Gasteiger partial charge >= 0.3 is 10.2 Å². The first-order valence-corrected chi connectivity index (χ1v) is 11.7. The summed E-state index contributed by atoms with van der Waals surface area (Å²) in [7, 11) is -3.75. The van der Waals surface area contributed by atoms with Crippen LogP contribution in [-0.2, 0) is 22.4 Å². The van der Waals surface area contributed by atoms with Crippen molar-refractivity contribution in [1.29, 1.82) is 0 Å². The van der Waals surface area contributed by atoms with Crippen molar-refractivity contribution in [1.82, 2.24) is 14.3 Å². The first-order valence-electron chi connectivity index (χ1n) is 9.25. The molecule has 2 aromatic rings. The SMILES string of the molecule is O=S(=O)(Nc1cc(CC(CO)CO)nc(SCc2cccc(F)c2F)n1)N1CCC1. The second-order valence-corrected chi connectivity index (χ2v) is 9.44. The van der Waals surface area contributed by atoms with Crippen LogP contribution in [0, 0.1) is 17.6 Å². The van der Waals surface area contributed by atoms with E-state index in [2.05, 4.69) is 14.7 Å². The lowest BCUT2D eigenvalue weighted by atomic mass is 10.1. The summed E-state index contributed by atoms with van der Waals surface area (Å²) < 4.78 is 55.7. The Balaban J connectivity index is 1.83. The van der Waals surface area contributed by atoms with Gasteiger partial charge in [0.2, 0.25) is 0 Å². The fourth-order valence-electron chi connectivity index (χ4n) is 2.70. The molecule has 12 heteroatoms. The summed E-state index contributed by atoms with van der Waals surface area (Å²) >= 11 is 1.02. The molecule has 164 valence electrons. The van der Waals surface area contributed by atoms with Gasteiger partial charge in [-0.25, -0.2) is 18.7 Å². The van der Waals surface area contributed by atoms with Crippen LogP contribution in [-0.4, -0.2) is 59.2 Å². The third kappa shape index (κ3) is 5.64. The van der Waals surface area contributed by atoms with Crippen LogP contribution >= 0.6 is 11.8 Å². The molecule has 1 saturated heterocycles. The quantitative estimate of drug-likeness (QED) is 0.364. The van der Waals surface area contributed by atoms with E-state index in [9.17, 15) is 27.4 Å². The summed E-state index contributed by atoms with van der Waals surface area (Å²) in [6, 6.07) is 5.29. The van der Waals surface area contributed by atoms with Gasteiger partial charge in [-0.3, -0.25) is 4.72 Å². The van der Waals surface area contributed by atoms with Crippen molar-refractivity contribution >= 4 is 27.8 Å². The zero-order valence-electron chi connectivity index (χ0n) is 16.0. The van der Waals surface area contributed by atoms with Gasteiger partial charge in [0.05, 0.1) is 0 Å². The molecule has 1 aromatic heterocycles. The van der Waals surface area contributed by atoms with Gasteiger partial charge in [0, 0.05) is 55.3 Å². The maximum absolute atomic E-state index is 13.9. The molecule has 0 atom stereocenters. The van der Waals surface area contributed by atoms with Crippen molar-refractivity contribution in [2.75, 3.05) is 31.0 Å². The number of hydrogen-bond acceptors (Lipinski definition) is 7. The Morgan fingerprint density at radius 1 is 1.20 bits per heavy atom. The number of aliphatic hydroxyl groups excluding tert-OH is 2. The number of halogens is 2. The summed E-state index contributed by atoms with van der Waals surface area (Å²) in [5, 5.41) is 18.8. The standard InChI is InChI=1S/C18H22F2N4O4S2/c19-15-4-1-3-13(17(15)20)11-29-18-21-14(7-12(9-25)10-26)8-16(22-18)23-30(27,28)24-5-2-6-24/h1,3-4,8,12,25-26H,2,5-7,9-11H2,(H,21,22,23). The molecule has 0 aliphatic carbocycles. The van der Waals surface area contributed by atoms with Crippen LogP contribution < -0.4 is 4.72 Å². The number of nitrogens with zero attached hydrogens (tertiary/aromatic N) is 3. The second kappa shape index (κ2) is 9.96. The van der Waals surface area contributed by atoms with E-state index in [-0.39, 0.29) is 41.9 Å². The molecule has 1 aliphatic rings. The van der Waals surface area contributed by atoms with Crippen LogP contribution in [0.2, 0.25) is 0 Å². The van der Waals surface area contributed by atoms with Crippen LogP contribution in [0.15, 0.2) is 29.4 Å².